The van der Waals surface area contributed by atoms with Crippen molar-refractivity contribution in [3.8, 4) is 33.9 Å². The van der Waals surface area contributed by atoms with Gasteiger partial charge in [-0.2, -0.15) is 0 Å². The molecule has 0 aliphatic heterocycles. The van der Waals surface area contributed by atoms with E-state index in [9.17, 15) is 5.21 Å². The molecule has 0 atom stereocenters. The Bertz CT molecular complexity index is 934. The summed E-state index contributed by atoms with van der Waals surface area (Å²) < 4.78 is 9.49. The van der Waals surface area contributed by atoms with Crippen molar-refractivity contribution in [2.45, 2.75) is 0 Å². The number of benzene rings is 3. The summed E-state index contributed by atoms with van der Waals surface area (Å²) in [6.45, 7) is 0. The first-order valence-electron chi connectivity index (χ1n) is 8.26. The van der Waals surface area contributed by atoms with Crippen molar-refractivity contribution in [1.29, 1.82) is 0 Å². The summed E-state index contributed by atoms with van der Waals surface area (Å²) in [6, 6.07) is 28.4. The Labute approximate surface area is 141 Å². The van der Waals surface area contributed by atoms with E-state index in [0.717, 1.165) is 15.9 Å². The molecule has 4 rings (SSSR count). The number of H-pyrrole nitrogens is 1. The van der Waals surface area contributed by atoms with Gasteiger partial charge in [0.1, 0.15) is 0 Å². The maximum absolute atomic E-state index is 13.2. The first kappa shape index (κ1) is 13.1. The lowest BCUT2D eigenvalue weighted by Gasteiger charge is -2.07. The van der Waals surface area contributed by atoms with Crippen LogP contribution in [0.1, 0.15) is 0 Å². The van der Waals surface area contributed by atoms with E-state index < -0.39 is 0 Å². The van der Waals surface area contributed by atoms with E-state index in [4.69, 9.17) is 1.41 Å². The van der Waals surface area contributed by atoms with Crippen molar-refractivity contribution in [2.24, 2.45) is 0 Å². The number of hydrogen-bond acceptors (Lipinski definition) is 1. The van der Waals surface area contributed by atoms with Gasteiger partial charge < -0.3 is 5.21 Å². The molecule has 0 aliphatic rings. The van der Waals surface area contributed by atoms with Crippen LogP contribution >= 0.6 is 0 Å². The minimum atomic E-state index is 0.304. The van der Waals surface area contributed by atoms with Crippen molar-refractivity contribution in [3.05, 3.63) is 96.2 Å². The monoisotopic (exact) mass is 313 g/mol. The van der Waals surface area contributed by atoms with E-state index in [1.54, 1.807) is 0 Å². The molecule has 3 nitrogen and oxygen atoms in total. The number of rotatable bonds is 3. The third kappa shape index (κ3) is 2.46. The standard InChI is InChI=1S/C21H16N2O/c24-23-20(17-12-6-2-7-13-17)19(16-10-4-1-5-11-16)22-21(23)18-14-8-3-9-15-18/h1-15,22H/i/hD. The molecule has 1 aromatic heterocycles. The lowest BCUT2D eigenvalue weighted by Crippen LogP contribution is -2.29. The predicted octanol–water partition coefficient (Wildman–Crippen LogP) is 4.65. The van der Waals surface area contributed by atoms with Crippen LogP contribution in [0.4, 0.5) is 0 Å². The highest BCUT2D eigenvalue weighted by molar-refractivity contribution is 5.78. The average Bonchev–Trinajstić information content (AvgIpc) is 2.94. The van der Waals surface area contributed by atoms with E-state index in [0.29, 0.717) is 22.8 Å². The second-order valence-electron chi connectivity index (χ2n) is 5.53. The fraction of sp³-hybridized carbons (Fsp3) is 0. The van der Waals surface area contributed by atoms with Crippen LogP contribution in [0.5, 0.6) is 0 Å². The van der Waals surface area contributed by atoms with Gasteiger partial charge in [-0.1, -0.05) is 78.9 Å². The summed E-state index contributed by atoms with van der Waals surface area (Å²) in [4.78, 5) is 1.24. The molecule has 24 heavy (non-hydrogen) atoms. The molecule has 1 heterocycles. The van der Waals surface area contributed by atoms with Crippen LogP contribution in [0, 0.1) is 5.21 Å². The Hall–Kier alpha value is -3.33. The summed E-state index contributed by atoms with van der Waals surface area (Å²) in [5.41, 5.74) is 3.41. The number of hydrogen-bond donors (Lipinski definition) is 1. The number of aromatic nitrogens is 2. The zero-order valence-electron chi connectivity index (χ0n) is 14.0. The molecule has 3 aromatic carbocycles. The van der Waals surface area contributed by atoms with Gasteiger partial charge in [-0.3, -0.25) is 0 Å². The Morgan fingerprint density at radius 2 is 1.12 bits per heavy atom. The minimum Gasteiger partial charge on any atom is -0.710 e. The largest absolute Gasteiger partial charge is 0.710 e. The van der Waals surface area contributed by atoms with Crippen LogP contribution in [0.25, 0.3) is 33.9 Å². The van der Waals surface area contributed by atoms with Crippen LogP contribution in [0.2, 0.25) is 1.41 Å². The molecule has 116 valence electrons. The molecule has 0 aliphatic carbocycles. The molecule has 4 aromatic rings. The molecular weight excluding hydrogens is 296 g/mol. The predicted molar refractivity (Wildman–Crippen MR) is 96.1 cm³/mol. The average molecular weight is 313 g/mol. The fourth-order valence-corrected chi connectivity index (χ4v) is 2.82. The van der Waals surface area contributed by atoms with Gasteiger partial charge in [0.15, 0.2) is 11.4 Å². The maximum atomic E-state index is 13.2. The summed E-state index contributed by atoms with van der Waals surface area (Å²) in [5.74, 6) is 0.304. The molecule has 0 bridgehead atoms. The first-order chi connectivity index (χ1) is 12.3. The lowest BCUT2D eigenvalue weighted by molar-refractivity contribution is -0.580. The Morgan fingerprint density at radius 1 is 0.667 bits per heavy atom. The van der Waals surface area contributed by atoms with Crippen LogP contribution in [0.15, 0.2) is 91.0 Å². The number of imidazole rings is 1. The van der Waals surface area contributed by atoms with Crippen molar-refractivity contribution in [3.63, 3.8) is 0 Å². The van der Waals surface area contributed by atoms with Gasteiger partial charge >= 0.3 is 1.41 Å². The fourth-order valence-electron chi connectivity index (χ4n) is 2.82. The zero-order valence-corrected chi connectivity index (χ0v) is 13.0. The Kier molecular flexibility index (Phi) is 3.31. The van der Waals surface area contributed by atoms with Crippen LogP contribution < -0.4 is 4.73 Å². The van der Waals surface area contributed by atoms with Gasteiger partial charge in [0, 0.05) is 11.1 Å². The second-order valence-corrected chi connectivity index (χ2v) is 5.53. The van der Waals surface area contributed by atoms with Crippen molar-refractivity contribution in [2.75, 3.05) is 0 Å². The quantitative estimate of drug-likeness (QED) is 0.434. The molecule has 0 radical (unpaired) electrons. The molecular formula is C21H16N2O. The number of nitrogens with one attached hydrogen (secondary N) is 1. The first-order valence-corrected chi connectivity index (χ1v) is 7.81. The summed E-state index contributed by atoms with van der Waals surface area (Å²) >= 11 is 0. The maximum Gasteiger partial charge on any atom is 0.312 e. The van der Waals surface area contributed by atoms with Gasteiger partial charge in [0.05, 0.1) is 5.56 Å². The van der Waals surface area contributed by atoms with Crippen LogP contribution in [-0.4, -0.2) is 4.98 Å². The highest BCUT2D eigenvalue weighted by Gasteiger charge is 2.24. The minimum absolute atomic E-state index is 0.304. The van der Waals surface area contributed by atoms with E-state index >= 15 is 0 Å². The van der Waals surface area contributed by atoms with Gasteiger partial charge in [-0.25, -0.2) is 9.71 Å². The Morgan fingerprint density at radius 3 is 1.67 bits per heavy atom. The molecule has 0 saturated heterocycles. The highest BCUT2D eigenvalue weighted by atomic mass is 16.5. The van der Waals surface area contributed by atoms with Gasteiger partial charge in [0.2, 0.25) is 0 Å². The van der Waals surface area contributed by atoms with Crippen LogP contribution in [0.3, 0.4) is 0 Å². The summed E-state index contributed by atoms with van der Waals surface area (Å²) in [7, 11) is 0. The van der Waals surface area contributed by atoms with Crippen molar-refractivity contribution >= 4 is 0 Å². The lowest BCUT2D eigenvalue weighted by atomic mass is 10.1. The van der Waals surface area contributed by atoms with Crippen molar-refractivity contribution in [1.82, 2.24) is 4.98 Å². The summed E-state index contributed by atoms with van der Waals surface area (Å²) in [5, 5.41) is 13.2. The van der Waals surface area contributed by atoms with Crippen molar-refractivity contribution < 1.29 is 6.14 Å². The molecule has 3 heteroatoms. The topological polar surface area (TPSA) is 42.7 Å². The molecule has 0 spiro atoms. The Balaban J connectivity index is 2.06. The summed E-state index contributed by atoms with van der Waals surface area (Å²) in [6.07, 6.45) is 0. The number of aromatic amines is 1. The van der Waals surface area contributed by atoms with E-state index in [-0.39, 0.29) is 0 Å². The van der Waals surface area contributed by atoms with E-state index in [1.807, 2.05) is 91.0 Å². The molecule has 0 unspecified atom stereocenters. The highest BCUT2D eigenvalue weighted by Crippen LogP contribution is 2.31. The van der Waals surface area contributed by atoms with Crippen LogP contribution in [-0.2, 0) is 0 Å². The SMILES string of the molecule is [2H]n1c(-c2ccccc2)c(-c2ccccc2)[n+]([O-])c1-c1ccccc1. The van der Waals surface area contributed by atoms with Gasteiger partial charge in [-0.05, 0) is 12.1 Å². The zero-order chi connectivity index (χ0) is 17.2. The normalized spacial score (nSPS) is 11.2. The number of nitrogens with zero attached hydrogens (tertiary/aromatic N) is 1. The smallest absolute Gasteiger partial charge is 0.312 e. The van der Waals surface area contributed by atoms with Gasteiger partial charge in [0.25, 0.3) is 5.82 Å². The third-order valence-electron chi connectivity index (χ3n) is 3.96. The molecule has 1 N–H and O–H groups in total. The van der Waals surface area contributed by atoms with Gasteiger partial charge in [-0.15, -0.1) is 0 Å². The third-order valence-corrected chi connectivity index (χ3v) is 3.96. The van der Waals surface area contributed by atoms with E-state index in [1.165, 1.54) is 4.98 Å². The molecule has 0 saturated carbocycles. The molecule has 0 fully saturated rings. The second kappa shape index (κ2) is 6.05. The molecule has 0 amide bonds. The van der Waals surface area contributed by atoms with E-state index in [2.05, 4.69) is 0 Å².